The van der Waals surface area contributed by atoms with Crippen LogP contribution in [0.3, 0.4) is 0 Å². The molecule has 0 spiro atoms. The van der Waals surface area contributed by atoms with Crippen molar-refractivity contribution in [3.05, 3.63) is 46.4 Å². The fourth-order valence-corrected chi connectivity index (χ4v) is 2.99. The Morgan fingerprint density at radius 3 is 2.96 bits per heavy atom. The Balaban J connectivity index is 1.59. The standard InChI is InChI=1S/C17H24N4O4/c1-19-6-5-18-16(17(19)23)20(2)9-15-11-21(7-8-24-15)10-13-3-4-14(12-22)25-13/h3-6,15,22H,7-12H2,1-2H3/t15-/m1/s1. The second kappa shape index (κ2) is 7.81. The van der Waals surface area contributed by atoms with Crippen LogP contribution in [0.4, 0.5) is 5.82 Å². The van der Waals surface area contributed by atoms with Crippen molar-refractivity contribution in [1.29, 1.82) is 0 Å². The first kappa shape index (κ1) is 17.7. The molecule has 1 fully saturated rings. The highest BCUT2D eigenvalue weighted by Crippen LogP contribution is 2.15. The van der Waals surface area contributed by atoms with Crippen LogP contribution >= 0.6 is 0 Å². The lowest BCUT2D eigenvalue weighted by atomic mass is 10.2. The number of hydrogen-bond acceptors (Lipinski definition) is 7. The number of hydrogen-bond donors (Lipinski definition) is 1. The lowest BCUT2D eigenvalue weighted by Gasteiger charge is -2.34. The number of aromatic nitrogens is 2. The van der Waals surface area contributed by atoms with Crippen molar-refractivity contribution in [2.24, 2.45) is 7.05 Å². The molecule has 0 bridgehead atoms. The smallest absolute Gasteiger partial charge is 0.293 e. The van der Waals surface area contributed by atoms with E-state index in [1.807, 2.05) is 18.0 Å². The molecule has 2 aromatic heterocycles. The van der Waals surface area contributed by atoms with Gasteiger partial charge >= 0.3 is 0 Å². The predicted molar refractivity (Wildman–Crippen MR) is 92.4 cm³/mol. The summed E-state index contributed by atoms with van der Waals surface area (Å²) in [6, 6.07) is 3.68. The van der Waals surface area contributed by atoms with Gasteiger partial charge in [0.15, 0.2) is 5.82 Å². The maximum atomic E-state index is 12.2. The van der Waals surface area contributed by atoms with Crippen molar-refractivity contribution < 1.29 is 14.3 Å². The second-order valence-corrected chi connectivity index (χ2v) is 6.30. The first-order valence-corrected chi connectivity index (χ1v) is 8.32. The summed E-state index contributed by atoms with van der Waals surface area (Å²) in [4.78, 5) is 20.4. The topological polar surface area (TPSA) is 84.0 Å². The minimum atomic E-state index is -0.121. The summed E-state index contributed by atoms with van der Waals surface area (Å²) in [5.41, 5.74) is -0.121. The van der Waals surface area contributed by atoms with E-state index < -0.39 is 0 Å². The third-order valence-electron chi connectivity index (χ3n) is 4.31. The van der Waals surface area contributed by atoms with E-state index in [0.717, 1.165) is 18.8 Å². The molecule has 0 unspecified atom stereocenters. The molecule has 1 saturated heterocycles. The van der Waals surface area contributed by atoms with Gasteiger partial charge in [-0.2, -0.15) is 0 Å². The highest BCUT2D eigenvalue weighted by atomic mass is 16.5. The van der Waals surface area contributed by atoms with Gasteiger partial charge in [0.05, 0.1) is 19.3 Å². The monoisotopic (exact) mass is 348 g/mol. The van der Waals surface area contributed by atoms with E-state index in [1.54, 1.807) is 25.5 Å². The maximum Gasteiger partial charge on any atom is 0.293 e. The highest BCUT2D eigenvalue weighted by molar-refractivity contribution is 5.34. The van der Waals surface area contributed by atoms with Crippen molar-refractivity contribution in [2.75, 3.05) is 38.2 Å². The molecule has 0 aliphatic carbocycles. The fourth-order valence-electron chi connectivity index (χ4n) is 2.99. The molecule has 8 nitrogen and oxygen atoms in total. The Morgan fingerprint density at radius 2 is 2.20 bits per heavy atom. The molecule has 0 saturated carbocycles. The van der Waals surface area contributed by atoms with E-state index in [0.29, 0.717) is 31.3 Å². The fraction of sp³-hybridized carbons (Fsp3) is 0.529. The number of morpholine rings is 1. The average molecular weight is 348 g/mol. The minimum Gasteiger partial charge on any atom is -0.462 e. The van der Waals surface area contributed by atoms with Crippen LogP contribution in [-0.4, -0.2) is 59.0 Å². The zero-order valence-corrected chi connectivity index (χ0v) is 14.6. The highest BCUT2D eigenvalue weighted by Gasteiger charge is 2.23. The van der Waals surface area contributed by atoms with Crippen LogP contribution in [0.1, 0.15) is 11.5 Å². The van der Waals surface area contributed by atoms with Gasteiger partial charge < -0.3 is 23.7 Å². The van der Waals surface area contributed by atoms with Gasteiger partial charge in [0.1, 0.15) is 18.1 Å². The zero-order valence-electron chi connectivity index (χ0n) is 14.6. The zero-order chi connectivity index (χ0) is 17.8. The van der Waals surface area contributed by atoms with Crippen LogP contribution in [0, 0.1) is 0 Å². The van der Waals surface area contributed by atoms with Gasteiger partial charge in [-0.15, -0.1) is 0 Å². The molecule has 1 aliphatic heterocycles. The summed E-state index contributed by atoms with van der Waals surface area (Å²) < 4.78 is 12.9. The van der Waals surface area contributed by atoms with Crippen molar-refractivity contribution in [2.45, 2.75) is 19.3 Å². The van der Waals surface area contributed by atoms with Crippen molar-refractivity contribution >= 4 is 5.82 Å². The molecule has 1 atom stereocenters. The number of nitrogens with zero attached hydrogens (tertiary/aromatic N) is 4. The summed E-state index contributed by atoms with van der Waals surface area (Å²) in [6.07, 6.45) is 3.25. The van der Waals surface area contributed by atoms with Crippen LogP contribution in [0.2, 0.25) is 0 Å². The van der Waals surface area contributed by atoms with E-state index in [1.165, 1.54) is 4.57 Å². The number of aryl methyl sites for hydroxylation is 1. The average Bonchev–Trinajstić information content (AvgIpc) is 3.05. The molecule has 3 rings (SSSR count). The van der Waals surface area contributed by atoms with Crippen LogP contribution in [0.15, 0.2) is 33.7 Å². The Bertz CT molecular complexity index is 757. The van der Waals surface area contributed by atoms with Gasteiger partial charge in [-0.25, -0.2) is 4.98 Å². The molecule has 0 radical (unpaired) electrons. The minimum absolute atomic E-state index is 0.0160. The molecule has 3 heterocycles. The molecular weight excluding hydrogens is 324 g/mol. The van der Waals surface area contributed by atoms with Gasteiger partial charge in [-0.3, -0.25) is 9.69 Å². The Kier molecular flexibility index (Phi) is 5.52. The van der Waals surface area contributed by atoms with Crippen molar-refractivity contribution in [1.82, 2.24) is 14.5 Å². The second-order valence-electron chi connectivity index (χ2n) is 6.30. The van der Waals surface area contributed by atoms with Gasteiger partial charge in [0.2, 0.25) is 0 Å². The number of aliphatic hydroxyl groups excluding tert-OH is 1. The molecule has 25 heavy (non-hydrogen) atoms. The van der Waals surface area contributed by atoms with Crippen molar-refractivity contribution in [3.63, 3.8) is 0 Å². The van der Waals surface area contributed by atoms with E-state index in [9.17, 15) is 4.79 Å². The number of aliphatic hydroxyl groups is 1. The third kappa shape index (κ3) is 4.28. The van der Waals surface area contributed by atoms with Crippen LogP contribution in [0.25, 0.3) is 0 Å². The predicted octanol–water partition coefficient (Wildman–Crippen LogP) is 0.203. The number of furan rings is 1. The molecule has 1 aliphatic rings. The summed E-state index contributed by atoms with van der Waals surface area (Å²) >= 11 is 0. The largest absolute Gasteiger partial charge is 0.462 e. The summed E-state index contributed by atoms with van der Waals surface area (Å²) in [5, 5.41) is 9.08. The maximum absolute atomic E-state index is 12.2. The van der Waals surface area contributed by atoms with E-state index in [4.69, 9.17) is 14.3 Å². The van der Waals surface area contributed by atoms with Crippen LogP contribution in [0.5, 0.6) is 0 Å². The number of ether oxygens (including phenoxy) is 1. The van der Waals surface area contributed by atoms with E-state index >= 15 is 0 Å². The third-order valence-corrected chi connectivity index (χ3v) is 4.31. The quantitative estimate of drug-likeness (QED) is 0.798. The van der Waals surface area contributed by atoms with E-state index in [2.05, 4.69) is 9.88 Å². The normalized spacial score (nSPS) is 18.4. The van der Waals surface area contributed by atoms with E-state index in [-0.39, 0.29) is 18.3 Å². The SMILES string of the molecule is CN(C[C@@H]1CN(Cc2ccc(CO)o2)CCO1)c1nccn(C)c1=O. The molecular formula is C17H24N4O4. The van der Waals surface area contributed by atoms with Gasteiger partial charge in [-0.05, 0) is 12.1 Å². The summed E-state index contributed by atoms with van der Waals surface area (Å²) in [6.45, 7) is 3.37. The van der Waals surface area contributed by atoms with Gasteiger partial charge in [-0.1, -0.05) is 0 Å². The van der Waals surface area contributed by atoms with Crippen LogP contribution < -0.4 is 10.5 Å². The van der Waals surface area contributed by atoms with Gasteiger partial charge in [0, 0.05) is 46.1 Å². The number of rotatable bonds is 6. The molecule has 2 aromatic rings. The molecule has 0 aromatic carbocycles. The molecule has 136 valence electrons. The van der Waals surface area contributed by atoms with Gasteiger partial charge in [0.25, 0.3) is 5.56 Å². The lowest BCUT2D eigenvalue weighted by molar-refractivity contribution is -0.0284. The van der Waals surface area contributed by atoms with Crippen molar-refractivity contribution in [3.8, 4) is 0 Å². The Morgan fingerprint density at radius 1 is 1.40 bits per heavy atom. The molecule has 0 amide bonds. The Hall–Kier alpha value is -2.16. The summed E-state index contributed by atoms with van der Waals surface area (Å²) in [5.74, 6) is 1.83. The number of likely N-dealkylation sites (N-methyl/N-ethyl adjacent to an activating group) is 1. The molecule has 1 N–H and O–H groups in total. The number of anilines is 1. The van der Waals surface area contributed by atoms with Crippen LogP contribution in [-0.2, 0) is 24.9 Å². The first-order valence-electron chi connectivity index (χ1n) is 8.32. The molecule has 8 heteroatoms. The lowest BCUT2D eigenvalue weighted by Crippen LogP contribution is -2.47. The summed E-state index contributed by atoms with van der Waals surface area (Å²) in [7, 11) is 3.57. The Labute approximate surface area is 146 Å². The first-order chi connectivity index (χ1) is 12.1.